The highest BCUT2D eigenvalue weighted by Crippen LogP contribution is 2.09. The molecule has 57 valence electrons. The number of hydrogen-bond acceptors (Lipinski definition) is 1. The molecule has 0 aliphatic carbocycles. The van der Waals surface area contributed by atoms with Crippen LogP contribution < -0.4 is 0 Å². The maximum absolute atomic E-state index is 3.05. The molecule has 0 aromatic heterocycles. The summed E-state index contributed by atoms with van der Waals surface area (Å²) in [4.78, 5) is 0. The first-order valence-electron chi connectivity index (χ1n) is 3.74. The molecule has 0 aliphatic heterocycles. The minimum atomic E-state index is 1.06. The smallest absolute Gasteiger partial charge is 0.0163 e. The predicted molar refractivity (Wildman–Crippen MR) is 49.7 cm³/mol. The molecule has 0 saturated carbocycles. The number of thioether (sulfide) groups is 1. The van der Waals surface area contributed by atoms with E-state index >= 15 is 0 Å². The van der Waals surface area contributed by atoms with Gasteiger partial charge < -0.3 is 0 Å². The lowest BCUT2D eigenvalue weighted by molar-refractivity contribution is 0.996. The molecule has 0 fully saturated rings. The average Bonchev–Trinajstić information content (AvgIpc) is 1.97. The highest BCUT2D eigenvalue weighted by Gasteiger charge is 1.85. The Morgan fingerprint density at radius 3 is 2.90 bits per heavy atom. The molecule has 0 aromatic rings. The van der Waals surface area contributed by atoms with Gasteiger partial charge in [-0.2, -0.15) is 11.8 Å². The maximum atomic E-state index is 3.05. The quantitative estimate of drug-likeness (QED) is 0.434. The summed E-state index contributed by atoms with van der Waals surface area (Å²) < 4.78 is 0. The van der Waals surface area contributed by atoms with Gasteiger partial charge in [0.25, 0.3) is 0 Å². The molecule has 0 spiro atoms. The molecule has 0 bridgehead atoms. The van der Waals surface area contributed by atoms with Gasteiger partial charge in [-0.15, -0.1) is 11.8 Å². The van der Waals surface area contributed by atoms with Crippen LogP contribution in [0.15, 0.2) is 0 Å². The number of hydrogen-bond donors (Lipinski definition) is 0. The van der Waals surface area contributed by atoms with Crippen molar-refractivity contribution in [1.29, 1.82) is 0 Å². The fourth-order valence-electron chi connectivity index (χ4n) is 0.570. The summed E-state index contributed by atoms with van der Waals surface area (Å²) in [5.41, 5.74) is 0. The first-order valence-corrected chi connectivity index (χ1v) is 4.79. The SMILES string of the molecule is CC#CCCCS[CH]CC. The first kappa shape index (κ1) is 9.91. The monoisotopic (exact) mass is 155 g/mol. The van der Waals surface area contributed by atoms with E-state index in [4.69, 9.17) is 0 Å². The third kappa shape index (κ3) is 7.91. The Hall–Kier alpha value is -0.0900. The van der Waals surface area contributed by atoms with Crippen LogP contribution in [0, 0.1) is 17.6 Å². The Morgan fingerprint density at radius 2 is 2.30 bits per heavy atom. The van der Waals surface area contributed by atoms with Crippen molar-refractivity contribution in [1.82, 2.24) is 0 Å². The highest BCUT2D eigenvalue weighted by atomic mass is 32.2. The fraction of sp³-hybridized carbons (Fsp3) is 0.667. The predicted octanol–water partition coefficient (Wildman–Crippen LogP) is 3.09. The number of rotatable bonds is 5. The van der Waals surface area contributed by atoms with Gasteiger partial charge in [0.2, 0.25) is 0 Å². The van der Waals surface area contributed by atoms with Crippen LogP contribution >= 0.6 is 11.8 Å². The summed E-state index contributed by atoms with van der Waals surface area (Å²) in [5, 5.41) is 0. The van der Waals surface area contributed by atoms with Crippen molar-refractivity contribution in [3.63, 3.8) is 0 Å². The van der Waals surface area contributed by atoms with E-state index in [1.165, 1.54) is 18.6 Å². The van der Waals surface area contributed by atoms with E-state index in [1.54, 1.807) is 0 Å². The van der Waals surface area contributed by atoms with E-state index in [9.17, 15) is 0 Å². The van der Waals surface area contributed by atoms with Crippen LogP contribution in [0.4, 0.5) is 0 Å². The van der Waals surface area contributed by atoms with Gasteiger partial charge in [-0.3, -0.25) is 0 Å². The third-order valence-corrected chi connectivity index (χ3v) is 2.12. The Bertz CT molecular complexity index is 108. The average molecular weight is 155 g/mol. The molecule has 0 heterocycles. The summed E-state index contributed by atoms with van der Waals surface area (Å²) >= 11 is 1.91. The molecular formula is C9H15S. The van der Waals surface area contributed by atoms with Gasteiger partial charge in [-0.05, 0) is 25.5 Å². The second-order valence-corrected chi connectivity index (χ2v) is 3.05. The molecule has 0 amide bonds. The summed E-state index contributed by atoms with van der Waals surface area (Å²) in [6.45, 7) is 4.06. The normalized spacial score (nSPS) is 8.60. The van der Waals surface area contributed by atoms with Crippen molar-refractivity contribution in [3.05, 3.63) is 5.75 Å². The Morgan fingerprint density at radius 1 is 1.50 bits per heavy atom. The zero-order valence-corrected chi connectivity index (χ0v) is 7.63. The van der Waals surface area contributed by atoms with Crippen LogP contribution in [-0.4, -0.2) is 5.75 Å². The van der Waals surface area contributed by atoms with Gasteiger partial charge in [-0.25, -0.2) is 0 Å². The molecule has 1 radical (unpaired) electrons. The van der Waals surface area contributed by atoms with E-state index in [-0.39, 0.29) is 0 Å². The highest BCUT2D eigenvalue weighted by molar-refractivity contribution is 8.01. The zero-order valence-electron chi connectivity index (χ0n) is 6.81. The van der Waals surface area contributed by atoms with Gasteiger partial charge in [0.15, 0.2) is 0 Å². The van der Waals surface area contributed by atoms with Crippen LogP contribution in [0.3, 0.4) is 0 Å². The Balaban J connectivity index is 2.82. The summed E-state index contributed by atoms with van der Waals surface area (Å²) in [7, 11) is 0. The van der Waals surface area contributed by atoms with Gasteiger partial charge in [0.1, 0.15) is 0 Å². The fourth-order valence-corrected chi connectivity index (χ4v) is 1.28. The standard InChI is InChI=1S/C9H15S/c1-3-5-6-7-9-10-8-4-2/h8H,4,6-7,9H2,1-2H3. The Labute approximate surface area is 68.8 Å². The van der Waals surface area contributed by atoms with E-state index in [0.717, 1.165) is 6.42 Å². The minimum Gasteiger partial charge on any atom is -0.157 e. The second kappa shape index (κ2) is 8.91. The number of unbranched alkanes of at least 4 members (excludes halogenated alkanes) is 1. The lowest BCUT2D eigenvalue weighted by atomic mass is 10.3. The van der Waals surface area contributed by atoms with Crippen molar-refractivity contribution in [2.24, 2.45) is 0 Å². The molecule has 0 unspecified atom stereocenters. The summed E-state index contributed by atoms with van der Waals surface area (Å²) in [5.74, 6) is 9.41. The maximum Gasteiger partial charge on any atom is 0.0163 e. The van der Waals surface area contributed by atoms with Crippen molar-refractivity contribution in [2.45, 2.75) is 33.1 Å². The summed E-state index contributed by atoms with van der Waals surface area (Å²) in [6, 6.07) is 0. The summed E-state index contributed by atoms with van der Waals surface area (Å²) in [6.07, 6.45) is 3.45. The zero-order chi connectivity index (χ0) is 7.66. The topological polar surface area (TPSA) is 0 Å². The molecule has 10 heavy (non-hydrogen) atoms. The first-order chi connectivity index (χ1) is 4.91. The Kier molecular flexibility index (Phi) is 8.83. The van der Waals surface area contributed by atoms with Gasteiger partial charge in [0.05, 0.1) is 0 Å². The molecule has 0 N–H and O–H groups in total. The minimum absolute atomic E-state index is 1.06. The molecular weight excluding hydrogens is 140 g/mol. The van der Waals surface area contributed by atoms with E-state index < -0.39 is 0 Å². The molecule has 1 heteroatoms. The molecule has 0 atom stereocenters. The largest absolute Gasteiger partial charge is 0.157 e. The second-order valence-electron chi connectivity index (χ2n) is 1.98. The van der Waals surface area contributed by atoms with E-state index in [0.29, 0.717) is 0 Å². The van der Waals surface area contributed by atoms with Gasteiger partial charge in [0, 0.05) is 12.2 Å². The van der Waals surface area contributed by atoms with Crippen LogP contribution in [0.1, 0.15) is 33.1 Å². The molecule has 0 aromatic carbocycles. The van der Waals surface area contributed by atoms with Crippen molar-refractivity contribution < 1.29 is 0 Å². The lowest BCUT2D eigenvalue weighted by Gasteiger charge is -1.93. The molecule has 0 saturated heterocycles. The van der Waals surface area contributed by atoms with Crippen LogP contribution in [0.2, 0.25) is 0 Å². The van der Waals surface area contributed by atoms with Gasteiger partial charge >= 0.3 is 0 Å². The van der Waals surface area contributed by atoms with Crippen molar-refractivity contribution in [2.75, 3.05) is 5.75 Å². The molecule has 0 rings (SSSR count). The molecule has 0 nitrogen and oxygen atoms in total. The van der Waals surface area contributed by atoms with Crippen molar-refractivity contribution in [3.8, 4) is 11.8 Å². The van der Waals surface area contributed by atoms with Gasteiger partial charge in [-0.1, -0.05) is 6.92 Å². The van der Waals surface area contributed by atoms with Crippen LogP contribution in [0.5, 0.6) is 0 Å². The molecule has 0 aliphatic rings. The lowest BCUT2D eigenvalue weighted by Crippen LogP contribution is -1.76. The van der Waals surface area contributed by atoms with E-state index in [2.05, 4.69) is 24.5 Å². The third-order valence-electron chi connectivity index (χ3n) is 1.03. The van der Waals surface area contributed by atoms with Crippen LogP contribution in [0.25, 0.3) is 0 Å². The van der Waals surface area contributed by atoms with Crippen molar-refractivity contribution >= 4 is 11.8 Å². The van der Waals surface area contributed by atoms with E-state index in [1.807, 2.05) is 18.7 Å². The van der Waals surface area contributed by atoms with Crippen LogP contribution in [-0.2, 0) is 0 Å².